The van der Waals surface area contributed by atoms with Crippen LogP contribution in [-0.2, 0) is 12.8 Å². The topological polar surface area (TPSA) is 13.1 Å². The second-order valence-corrected chi connectivity index (χ2v) is 10.9. The maximum absolute atomic E-state index is 6.45. The van der Waals surface area contributed by atoms with E-state index in [1.54, 1.807) is 0 Å². The Balaban J connectivity index is 1.31. The third kappa shape index (κ3) is 4.35. The predicted octanol–water partition coefficient (Wildman–Crippen LogP) is 10.8. The second-order valence-electron chi connectivity index (χ2n) is 9.89. The van der Waals surface area contributed by atoms with E-state index in [1.165, 1.54) is 79.2 Å². The molecule has 4 aromatic carbocycles. The van der Waals surface area contributed by atoms with Gasteiger partial charge in [0, 0.05) is 15.5 Å². The fourth-order valence-electron chi connectivity index (χ4n) is 5.10. The molecule has 6 aromatic rings. The number of thiophene rings is 1. The molecule has 1 nitrogen and oxygen atoms in total. The smallest absolute Gasteiger partial charge is 0.154 e. The maximum Gasteiger partial charge on any atom is 0.154 e. The zero-order valence-electron chi connectivity index (χ0n) is 21.1. The van der Waals surface area contributed by atoms with Gasteiger partial charge in [0.25, 0.3) is 0 Å². The molecular formula is C34H32OS. The number of benzene rings is 4. The lowest BCUT2D eigenvalue weighted by Crippen LogP contribution is -1.85. The summed E-state index contributed by atoms with van der Waals surface area (Å²) < 4.78 is 8.98. The van der Waals surface area contributed by atoms with Crippen LogP contribution in [0.5, 0.6) is 0 Å². The maximum atomic E-state index is 6.45. The molecule has 2 aromatic heterocycles. The van der Waals surface area contributed by atoms with E-state index in [0.29, 0.717) is 0 Å². The minimum Gasteiger partial charge on any atom is -0.454 e. The van der Waals surface area contributed by atoms with Crippen molar-refractivity contribution in [3.05, 3.63) is 96.1 Å². The predicted molar refractivity (Wildman–Crippen MR) is 157 cm³/mol. The highest BCUT2D eigenvalue weighted by molar-refractivity contribution is 7.26. The molecule has 36 heavy (non-hydrogen) atoms. The summed E-state index contributed by atoms with van der Waals surface area (Å²) in [7, 11) is 0. The van der Waals surface area contributed by atoms with Gasteiger partial charge >= 0.3 is 0 Å². The summed E-state index contributed by atoms with van der Waals surface area (Å²) in [5.74, 6) is 0. The Morgan fingerprint density at radius 2 is 1.11 bits per heavy atom. The van der Waals surface area contributed by atoms with Crippen molar-refractivity contribution in [1.82, 2.24) is 0 Å². The van der Waals surface area contributed by atoms with E-state index >= 15 is 0 Å². The standard InChI is InChI=1S/C34H32OS/c1-3-5-7-23-9-13-25(14-10-23)27-17-19-29-31(21-27)35-33-30-20-18-28(22-32(30)36-34(29)33)26-15-11-24(12-16-26)8-6-4-2/h9-22H,3-8H2,1-2H3. The number of hydrogen-bond donors (Lipinski definition) is 0. The Morgan fingerprint density at radius 1 is 0.583 bits per heavy atom. The molecule has 0 amide bonds. The van der Waals surface area contributed by atoms with Crippen LogP contribution in [0.3, 0.4) is 0 Å². The molecule has 0 radical (unpaired) electrons. The van der Waals surface area contributed by atoms with Crippen molar-refractivity contribution in [2.24, 2.45) is 0 Å². The van der Waals surface area contributed by atoms with Crippen molar-refractivity contribution in [3.63, 3.8) is 0 Å². The van der Waals surface area contributed by atoms with Crippen molar-refractivity contribution in [1.29, 1.82) is 0 Å². The van der Waals surface area contributed by atoms with Crippen LogP contribution in [0.15, 0.2) is 89.3 Å². The molecule has 0 aliphatic rings. The first-order chi connectivity index (χ1) is 17.7. The second kappa shape index (κ2) is 9.95. The molecular weight excluding hydrogens is 456 g/mol. The summed E-state index contributed by atoms with van der Waals surface area (Å²) in [5.41, 5.74) is 9.81. The van der Waals surface area contributed by atoms with Crippen molar-refractivity contribution in [3.8, 4) is 22.3 Å². The molecule has 0 saturated carbocycles. The normalized spacial score (nSPS) is 11.7. The lowest BCUT2D eigenvalue weighted by molar-refractivity contribution is 0.673. The Kier molecular flexibility index (Phi) is 6.37. The number of furan rings is 1. The van der Waals surface area contributed by atoms with Gasteiger partial charge in [0.1, 0.15) is 5.58 Å². The summed E-state index contributed by atoms with van der Waals surface area (Å²) in [6, 6.07) is 31.5. The van der Waals surface area contributed by atoms with E-state index in [-0.39, 0.29) is 0 Å². The third-order valence-corrected chi connectivity index (χ3v) is 8.46. The molecule has 0 bridgehead atoms. The highest BCUT2D eigenvalue weighted by Gasteiger charge is 2.15. The molecule has 0 unspecified atom stereocenters. The van der Waals surface area contributed by atoms with E-state index < -0.39 is 0 Å². The van der Waals surface area contributed by atoms with Gasteiger partial charge in [-0.3, -0.25) is 0 Å². The summed E-state index contributed by atoms with van der Waals surface area (Å²) in [4.78, 5) is 0. The Bertz CT molecular complexity index is 1510. The molecule has 0 aliphatic carbocycles. The number of rotatable bonds is 8. The zero-order valence-corrected chi connectivity index (χ0v) is 22.0. The van der Waals surface area contributed by atoms with Gasteiger partial charge in [-0.1, -0.05) is 87.4 Å². The molecule has 0 fully saturated rings. The summed E-state index contributed by atoms with van der Waals surface area (Å²) >= 11 is 1.84. The van der Waals surface area contributed by atoms with Gasteiger partial charge in [0.15, 0.2) is 5.58 Å². The average Bonchev–Trinajstić information content (AvgIpc) is 3.46. The summed E-state index contributed by atoms with van der Waals surface area (Å²) in [6.45, 7) is 4.49. The van der Waals surface area contributed by atoms with Gasteiger partial charge in [-0.05, 0) is 83.3 Å². The van der Waals surface area contributed by atoms with Crippen LogP contribution in [0.1, 0.15) is 50.7 Å². The molecule has 0 saturated heterocycles. The van der Waals surface area contributed by atoms with Crippen LogP contribution >= 0.6 is 11.3 Å². The number of aryl methyl sites for hydroxylation is 2. The SMILES string of the molecule is CCCCc1ccc(-c2ccc3c(c2)oc2c4ccc(-c5ccc(CCCC)cc5)cc4sc32)cc1. The Labute approximate surface area is 217 Å². The molecule has 180 valence electrons. The van der Waals surface area contributed by atoms with E-state index in [0.717, 1.165) is 24.0 Å². The van der Waals surface area contributed by atoms with Gasteiger partial charge in [0.2, 0.25) is 0 Å². The molecule has 2 heteroatoms. The first-order valence-corrected chi connectivity index (χ1v) is 14.1. The van der Waals surface area contributed by atoms with E-state index in [4.69, 9.17) is 4.42 Å². The molecule has 0 aliphatic heterocycles. The third-order valence-electron chi connectivity index (χ3n) is 7.30. The quantitative estimate of drug-likeness (QED) is 0.208. The Morgan fingerprint density at radius 3 is 1.69 bits per heavy atom. The van der Waals surface area contributed by atoms with Crippen molar-refractivity contribution in [2.75, 3.05) is 0 Å². The van der Waals surface area contributed by atoms with E-state index in [9.17, 15) is 0 Å². The van der Waals surface area contributed by atoms with Crippen LogP contribution in [0.2, 0.25) is 0 Å². The van der Waals surface area contributed by atoms with Crippen LogP contribution in [0.4, 0.5) is 0 Å². The number of fused-ring (bicyclic) bond motifs is 5. The molecule has 0 N–H and O–H groups in total. The van der Waals surface area contributed by atoms with Crippen LogP contribution in [0, 0.1) is 0 Å². The van der Waals surface area contributed by atoms with Gasteiger partial charge in [-0.25, -0.2) is 0 Å². The van der Waals surface area contributed by atoms with E-state index in [2.05, 4.69) is 98.8 Å². The van der Waals surface area contributed by atoms with Crippen LogP contribution < -0.4 is 0 Å². The van der Waals surface area contributed by atoms with Gasteiger partial charge in [-0.15, -0.1) is 11.3 Å². The monoisotopic (exact) mass is 488 g/mol. The minimum absolute atomic E-state index is 0.970. The molecule has 0 atom stereocenters. The van der Waals surface area contributed by atoms with Gasteiger partial charge in [-0.2, -0.15) is 0 Å². The molecule has 6 rings (SSSR count). The minimum atomic E-state index is 0.970. The fourth-order valence-corrected chi connectivity index (χ4v) is 6.30. The summed E-state index contributed by atoms with van der Waals surface area (Å²) in [5, 5.41) is 2.41. The largest absolute Gasteiger partial charge is 0.454 e. The highest BCUT2D eigenvalue weighted by atomic mass is 32.1. The molecule has 2 heterocycles. The summed E-state index contributed by atoms with van der Waals surface area (Å²) in [6.07, 6.45) is 7.28. The average molecular weight is 489 g/mol. The first-order valence-electron chi connectivity index (χ1n) is 13.3. The van der Waals surface area contributed by atoms with Gasteiger partial charge in [0.05, 0.1) is 4.70 Å². The Hall–Kier alpha value is -3.36. The molecule has 0 spiro atoms. The number of hydrogen-bond acceptors (Lipinski definition) is 2. The van der Waals surface area contributed by atoms with Crippen molar-refractivity contribution in [2.45, 2.75) is 52.4 Å². The first kappa shape index (κ1) is 23.1. The van der Waals surface area contributed by atoms with E-state index in [1.807, 2.05) is 11.3 Å². The zero-order chi connectivity index (χ0) is 24.5. The number of unbranched alkanes of at least 4 members (excludes halogenated alkanes) is 2. The lowest BCUT2D eigenvalue weighted by atomic mass is 10.0. The van der Waals surface area contributed by atoms with Crippen molar-refractivity contribution < 1.29 is 4.42 Å². The van der Waals surface area contributed by atoms with Crippen molar-refractivity contribution >= 4 is 42.7 Å². The van der Waals surface area contributed by atoms with Gasteiger partial charge < -0.3 is 4.42 Å². The fraction of sp³-hybridized carbons (Fsp3) is 0.235. The lowest BCUT2D eigenvalue weighted by Gasteiger charge is -2.05. The van der Waals surface area contributed by atoms with Crippen LogP contribution in [0.25, 0.3) is 53.6 Å². The van der Waals surface area contributed by atoms with Crippen LogP contribution in [-0.4, -0.2) is 0 Å². The highest BCUT2D eigenvalue weighted by Crippen LogP contribution is 2.42.